The van der Waals surface area contributed by atoms with E-state index in [0.717, 1.165) is 25.4 Å². The predicted molar refractivity (Wildman–Crippen MR) is 68.6 cm³/mol. The van der Waals surface area contributed by atoms with Crippen molar-refractivity contribution in [3.05, 3.63) is 0 Å². The topological polar surface area (TPSA) is 46.2 Å². The van der Waals surface area contributed by atoms with E-state index in [-0.39, 0.29) is 0 Å². The summed E-state index contributed by atoms with van der Waals surface area (Å²) in [6.45, 7) is 2.12. The highest BCUT2D eigenvalue weighted by Gasteiger charge is 2.49. The Morgan fingerprint density at radius 3 is 2.29 bits per heavy atom. The monoisotopic (exact) mass is 257 g/mol. The molecule has 3 rings (SSSR count). The van der Waals surface area contributed by atoms with Gasteiger partial charge in [0.25, 0.3) is 0 Å². The molecule has 1 saturated carbocycles. The molecular formula is C13H23NO2S. The second kappa shape index (κ2) is 4.23. The lowest BCUT2D eigenvalue weighted by molar-refractivity contribution is 0.0599. The largest absolute Gasteiger partial charge is 0.316 e. The molecule has 3 aliphatic rings. The Morgan fingerprint density at radius 1 is 1.12 bits per heavy atom. The molecule has 0 amide bonds. The van der Waals surface area contributed by atoms with Crippen molar-refractivity contribution < 1.29 is 8.42 Å². The van der Waals surface area contributed by atoms with E-state index >= 15 is 0 Å². The van der Waals surface area contributed by atoms with Gasteiger partial charge in [-0.1, -0.05) is 25.7 Å². The highest BCUT2D eigenvalue weighted by atomic mass is 32.2. The van der Waals surface area contributed by atoms with Gasteiger partial charge in [0.15, 0.2) is 9.84 Å². The summed E-state index contributed by atoms with van der Waals surface area (Å²) in [5.74, 6) is 2.21. The maximum absolute atomic E-state index is 11.6. The maximum Gasteiger partial charge on any atom is 0.150 e. The number of hydrogen-bond donors (Lipinski definition) is 1. The van der Waals surface area contributed by atoms with Crippen molar-refractivity contribution >= 4 is 9.84 Å². The maximum atomic E-state index is 11.6. The molecule has 0 spiro atoms. The molecule has 1 aliphatic carbocycles. The van der Waals surface area contributed by atoms with Crippen molar-refractivity contribution in [3.8, 4) is 0 Å². The minimum absolute atomic E-state index is 0.332. The third-order valence-electron chi connectivity index (χ3n) is 5.22. The van der Waals surface area contributed by atoms with Gasteiger partial charge in [-0.15, -0.1) is 0 Å². The number of rotatable bonds is 3. The standard InChI is InChI=1S/C13H23NO2S/c15-17(16)6-5-12(8-17)13(9-14-10-13)7-11-3-1-2-4-11/h11-12,14H,1-10H2. The first kappa shape index (κ1) is 12.0. The van der Waals surface area contributed by atoms with Gasteiger partial charge in [0.1, 0.15) is 0 Å². The average molecular weight is 257 g/mol. The van der Waals surface area contributed by atoms with Crippen LogP contribution in [-0.2, 0) is 9.84 Å². The van der Waals surface area contributed by atoms with Crippen molar-refractivity contribution in [2.24, 2.45) is 17.3 Å². The third-order valence-corrected chi connectivity index (χ3v) is 6.99. The lowest BCUT2D eigenvalue weighted by Gasteiger charge is -2.48. The van der Waals surface area contributed by atoms with Crippen molar-refractivity contribution in [2.75, 3.05) is 24.6 Å². The van der Waals surface area contributed by atoms with Gasteiger partial charge in [-0.2, -0.15) is 0 Å². The minimum atomic E-state index is -2.72. The van der Waals surface area contributed by atoms with Crippen LogP contribution in [0.25, 0.3) is 0 Å². The Hall–Kier alpha value is -0.0900. The summed E-state index contributed by atoms with van der Waals surface area (Å²) in [7, 11) is -2.72. The van der Waals surface area contributed by atoms with Crippen LogP contribution in [0.4, 0.5) is 0 Å². The lowest BCUT2D eigenvalue weighted by atomic mass is 9.65. The summed E-state index contributed by atoms with van der Waals surface area (Å²) < 4.78 is 23.3. The Balaban J connectivity index is 1.69. The number of sulfone groups is 1. The minimum Gasteiger partial charge on any atom is -0.316 e. The summed E-state index contributed by atoms with van der Waals surface area (Å²) >= 11 is 0. The molecule has 17 heavy (non-hydrogen) atoms. The highest BCUT2D eigenvalue weighted by Crippen LogP contribution is 2.46. The van der Waals surface area contributed by atoms with Crippen molar-refractivity contribution in [1.29, 1.82) is 0 Å². The van der Waals surface area contributed by atoms with Gasteiger partial charge in [0.05, 0.1) is 11.5 Å². The third kappa shape index (κ3) is 2.26. The predicted octanol–water partition coefficient (Wildman–Crippen LogP) is 1.59. The second-order valence-electron chi connectivity index (χ2n) is 6.42. The fourth-order valence-corrected chi connectivity index (χ4v) is 6.06. The molecule has 2 saturated heterocycles. The van der Waals surface area contributed by atoms with Crippen LogP contribution in [0, 0.1) is 17.3 Å². The molecule has 1 unspecified atom stereocenters. The van der Waals surface area contributed by atoms with Crippen molar-refractivity contribution in [3.63, 3.8) is 0 Å². The smallest absolute Gasteiger partial charge is 0.150 e. The summed E-state index contributed by atoms with van der Waals surface area (Å²) in [5, 5.41) is 3.39. The van der Waals surface area contributed by atoms with Gasteiger partial charge >= 0.3 is 0 Å². The molecule has 4 heteroatoms. The van der Waals surface area contributed by atoms with Gasteiger partial charge in [-0.05, 0) is 30.1 Å². The fraction of sp³-hybridized carbons (Fsp3) is 1.00. The average Bonchev–Trinajstić information content (AvgIpc) is 2.81. The molecule has 1 N–H and O–H groups in total. The van der Waals surface area contributed by atoms with Crippen molar-refractivity contribution in [2.45, 2.75) is 38.5 Å². The Labute approximate surface area is 104 Å². The van der Waals surface area contributed by atoms with Crippen molar-refractivity contribution in [1.82, 2.24) is 5.32 Å². The molecule has 3 fully saturated rings. The molecule has 1 atom stereocenters. The van der Waals surface area contributed by atoms with Crippen LogP contribution in [-0.4, -0.2) is 33.0 Å². The van der Waals surface area contributed by atoms with Crippen LogP contribution in [0.3, 0.4) is 0 Å². The molecule has 2 aliphatic heterocycles. The molecular weight excluding hydrogens is 234 g/mol. The number of hydrogen-bond acceptors (Lipinski definition) is 3. The van der Waals surface area contributed by atoms with Crippen LogP contribution in [0.15, 0.2) is 0 Å². The van der Waals surface area contributed by atoms with Gasteiger partial charge in [0, 0.05) is 13.1 Å². The summed E-state index contributed by atoms with van der Waals surface area (Å²) in [5.41, 5.74) is 0.332. The molecule has 0 radical (unpaired) electrons. The van der Waals surface area contributed by atoms with Crippen LogP contribution < -0.4 is 5.32 Å². The molecule has 98 valence electrons. The van der Waals surface area contributed by atoms with Gasteiger partial charge < -0.3 is 5.32 Å². The zero-order valence-electron chi connectivity index (χ0n) is 10.5. The van der Waals surface area contributed by atoms with E-state index in [2.05, 4.69) is 5.32 Å². The Bertz CT molecular complexity index is 380. The second-order valence-corrected chi connectivity index (χ2v) is 8.65. The van der Waals surface area contributed by atoms with Gasteiger partial charge in [0.2, 0.25) is 0 Å². The first-order chi connectivity index (χ1) is 8.10. The quantitative estimate of drug-likeness (QED) is 0.835. The van der Waals surface area contributed by atoms with Crippen LogP contribution in [0.1, 0.15) is 38.5 Å². The van der Waals surface area contributed by atoms with Crippen LogP contribution in [0.2, 0.25) is 0 Å². The first-order valence-electron chi connectivity index (χ1n) is 7.01. The number of nitrogens with one attached hydrogen (secondary N) is 1. The fourth-order valence-electron chi connectivity index (χ4n) is 4.11. The molecule has 0 aromatic rings. The first-order valence-corrected chi connectivity index (χ1v) is 8.83. The SMILES string of the molecule is O=S1(=O)CCC(C2(CC3CCCC3)CNC2)C1. The van der Waals surface area contributed by atoms with E-state index in [0.29, 0.717) is 22.8 Å². The zero-order chi connectivity index (χ0) is 11.9. The Morgan fingerprint density at radius 2 is 1.82 bits per heavy atom. The molecule has 2 heterocycles. The molecule has 0 aromatic carbocycles. The van der Waals surface area contributed by atoms with E-state index in [4.69, 9.17) is 0 Å². The summed E-state index contributed by atoms with van der Waals surface area (Å²) in [6, 6.07) is 0. The van der Waals surface area contributed by atoms with E-state index in [1.54, 1.807) is 0 Å². The van der Waals surface area contributed by atoms with E-state index in [9.17, 15) is 8.42 Å². The van der Waals surface area contributed by atoms with Gasteiger partial charge in [-0.25, -0.2) is 8.42 Å². The lowest BCUT2D eigenvalue weighted by Crippen LogP contribution is -2.58. The molecule has 0 aromatic heterocycles. The van der Waals surface area contributed by atoms with Crippen LogP contribution in [0.5, 0.6) is 0 Å². The molecule has 3 nitrogen and oxygen atoms in total. The van der Waals surface area contributed by atoms with E-state index < -0.39 is 9.84 Å². The summed E-state index contributed by atoms with van der Waals surface area (Å²) in [4.78, 5) is 0. The Kier molecular flexibility index (Phi) is 2.98. The van der Waals surface area contributed by atoms with E-state index in [1.165, 1.54) is 32.1 Å². The van der Waals surface area contributed by atoms with E-state index in [1.807, 2.05) is 0 Å². The molecule has 0 bridgehead atoms. The normalized spacial score (nSPS) is 35.9. The summed E-state index contributed by atoms with van der Waals surface area (Å²) in [6.07, 6.45) is 7.72. The highest BCUT2D eigenvalue weighted by molar-refractivity contribution is 7.91. The zero-order valence-corrected chi connectivity index (χ0v) is 11.3. The van der Waals surface area contributed by atoms with Gasteiger partial charge in [-0.3, -0.25) is 0 Å². The van der Waals surface area contributed by atoms with Crippen LogP contribution >= 0.6 is 0 Å².